The maximum Gasteiger partial charge on any atom is 0.262 e. The standard InChI is InChI=1S/C23H28N4O4/c1-13(2)27-21-18(22(29)26(5)14(3)24-21)11-17(23(27)30)15-8-9-31-19(10-15)16-6-7-20(28)25(4)12-16/h6-7,11-13,15,19H,8-10H2,1-5H3/t15-,19+/m0/s1. The number of nitrogens with zero attached hydrogens (tertiary/aromatic N) is 4. The predicted molar refractivity (Wildman–Crippen MR) is 119 cm³/mol. The van der Waals surface area contributed by atoms with E-state index in [0.29, 0.717) is 41.9 Å². The molecule has 0 aromatic carbocycles. The molecule has 3 aromatic heterocycles. The highest BCUT2D eigenvalue weighted by atomic mass is 16.5. The first-order valence-corrected chi connectivity index (χ1v) is 10.6. The van der Waals surface area contributed by atoms with Gasteiger partial charge in [0.15, 0.2) is 5.65 Å². The lowest BCUT2D eigenvalue weighted by atomic mass is 9.87. The largest absolute Gasteiger partial charge is 0.373 e. The summed E-state index contributed by atoms with van der Waals surface area (Å²) in [5, 5.41) is 0.460. The van der Waals surface area contributed by atoms with Gasteiger partial charge >= 0.3 is 0 Å². The van der Waals surface area contributed by atoms with Crippen LogP contribution in [-0.2, 0) is 18.8 Å². The molecule has 1 saturated heterocycles. The van der Waals surface area contributed by atoms with E-state index in [1.807, 2.05) is 13.8 Å². The lowest BCUT2D eigenvalue weighted by molar-refractivity contribution is 0.00465. The molecule has 0 N–H and O–H groups in total. The minimum Gasteiger partial charge on any atom is -0.373 e. The van der Waals surface area contributed by atoms with Crippen LogP contribution in [0.4, 0.5) is 0 Å². The highest BCUT2D eigenvalue weighted by molar-refractivity contribution is 5.75. The Labute approximate surface area is 179 Å². The first-order valence-electron chi connectivity index (χ1n) is 10.6. The smallest absolute Gasteiger partial charge is 0.262 e. The minimum absolute atomic E-state index is 0.0520. The molecule has 1 aliphatic rings. The van der Waals surface area contributed by atoms with Gasteiger partial charge in [-0.2, -0.15) is 0 Å². The van der Waals surface area contributed by atoms with E-state index in [4.69, 9.17) is 4.74 Å². The summed E-state index contributed by atoms with van der Waals surface area (Å²) in [5.41, 5.74) is 1.63. The fourth-order valence-corrected chi connectivity index (χ4v) is 4.36. The Bertz CT molecular complexity index is 1330. The van der Waals surface area contributed by atoms with E-state index in [1.165, 1.54) is 15.2 Å². The van der Waals surface area contributed by atoms with Crippen molar-refractivity contribution in [3.63, 3.8) is 0 Å². The Morgan fingerprint density at radius 3 is 2.55 bits per heavy atom. The quantitative estimate of drug-likeness (QED) is 0.644. The van der Waals surface area contributed by atoms with Crippen molar-refractivity contribution in [2.45, 2.75) is 51.7 Å². The van der Waals surface area contributed by atoms with Crippen molar-refractivity contribution >= 4 is 11.0 Å². The Kier molecular flexibility index (Phi) is 5.43. The van der Waals surface area contributed by atoms with Crippen LogP contribution in [-0.4, -0.2) is 25.3 Å². The van der Waals surface area contributed by atoms with Crippen LogP contribution >= 0.6 is 0 Å². The monoisotopic (exact) mass is 424 g/mol. The third-order valence-corrected chi connectivity index (χ3v) is 6.24. The van der Waals surface area contributed by atoms with Gasteiger partial charge in [0.25, 0.3) is 11.1 Å². The third-order valence-electron chi connectivity index (χ3n) is 6.24. The number of pyridine rings is 2. The molecule has 31 heavy (non-hydrogen) atoms. The van der Waals surface area contributed by atoms with Gasteiger partial charge in [0.05, 0.1) is 11.5 Å². The topological polar surface area (TPSA) is 88.1 Å². The molecular formula is C23H28N4O4. The lowest BCUT2D eigenvalue weighted by Crippen LogP contribution is -2.33. The summed E-state index contributed by atoms with van der Waals surface area (Å²) >= 11 is 0. The fraction of sp³-hybridized carbons (Fsp3) is 0.478. The summed E-state index contributed by atoms with van der Waals surface area (Å²) in [6.45, 7) is 6.12. The number of rotatable bonds is 3. The SMILES string of the molecule is Cc1nc2c(cc([C@H]3CCO[C@@H](c4ccc(=O)n(C)c4)C3)c(=O)n2C(C)C)c(=O)n1C. The van der Waals surface area contributed by atoms with Gasteiger partial charge in [-0.25, -0.2) is 4.98 Å². The molecule has 0 amide bonds. The van der Waals surface area contributed by atoms with Gasteiger partial charge in [-0.05, 0) is 57.2 Å². The summed E-state index contributed by atoms with van der Waals surface area (Å²) in [5.74, 6) is 0.517. The minimum atomic E-state index is -0.216. The van der Waals surface area contributed by atoms with Crippen molar-refractivity contribution in [1.29, 1.82) is 0 Å². The second-order valence-electron chi connectivity index (χ2n) is 8.62. The molecule has 0 spiro atoms. The van der Waals surface area contributed by atoms with Crippen molar-refractivity contribution < 1.29 is 4.74 Å². The molecule has 1 aliphatic heterocycles. The highest BCUT2D eigenvalue weighted by Gasteiger charge is 2.29. The molecule has 4 heterocycles. The Hall–Kier alpha value is -3.00. The van der Waals surface area contributed by atoms with Gasteiger partial charge in [-0.1, -0.05) is 0 Å². The molecule has 8 heteroatoms. The van der Waals surface area contributed by atoms with Gasteiger partial charge in [0.2, 0.25) is 5.56 Å². The van der Waals surface area contributed by atoms with E-state index in [-0.39, 0.29) is 34.7 Å². The Balaban J connectivity index is 1.84. The number of fused-ring (bicyclic) bond motifs is 1. The number of hydrogen-bond acceptors (Lipinski definition) is 5. The molecule has 1 fully saturated rings. The van der Waals surface area contributed by atoms with Crippen LogP contribution in [0.5, 0.6) is 0 Å². The van der Waals surface area contributed by atoms with Gasteiger partial charge in [-0.3, -0.25) is 23.5 Å². The third kappa shape index (κ3) is 3.65. The second kappa shape index (κ2) is 7.92. The van der Waals surface area contributed by atoms with Gasteiger partial charge in [0.1, 0.15) is 5.82 Å². The molecule has 0 radical (unpaired) electrons. The zero-order chi connectivity index (χ0) is 22.4. The molecule has 4 rings (SSSR count). The van der Waals surface area contributed by atoms with Crippen LogP contribution in [0.2, 0.25) is 0 Å². The Morgan fingerprint density at radius 2 is 1.87 bits per heavy atom. The lowest BCUT2D eigenvalue weighted by Gasteiger charge is -2.30. The molecule has 8 nitrogen and oxygen atoms in total. The maximum absolute atomic E-state index is 13.5. The molecule has 0 unspecified atom stereocenters. The molecule has 164 valence electrons. The summed E-state index contributed by atoms with van der Waals surface area (Å²) in [7, 11) is 3.40. The summed E-state index contributed by atoms with van der Waals surface area (Å²) in [6, 6.07) is 4.92. The zero-order valence-corrected chi connectivity index (χ0v) is 18.6. The van der Waals surface area contributed by atoms with Crippen LogP contribution in [0.1, 0.15) is 61.7 Å². The van der Waals surface area contributed by atoms with Crippen LogP contribution in [0.15, 0.2) is 38.8 Å². The second-order valence-corrected chi connectivity index (χ2v) is 8.62. The van der Waals surface area contributed by atoms with Crippen LogP contribution in [0, 0.1) is 6.92 Å². The number of aryl methyl sites for hydroxylation is 2. The molecular weight excluding hydrogens is 396 g/mol. The number of ether oxygens (including phenoxy) is 1. The van der Waals surface area contributed by atoms with E-state index in [1.54, 1.807) is 43.9 Å². The number of aromatic nitrogens is 4. The van der Waals surface area contributed by atoms with Crippen molar-refractivity contribution in [2.75, 3.05) is 6.61 Å². The van der Waals surface area contributed by atoms with E-state index in [0.717, 1.165) is 5.56 Å². The van der Waals surface area contributed by atoms with Crippen LogP contribution in [0.25, 0.3) is 11.0 Å². The summed E-state index contributed by atoms with van der Waals surface area (Å²) < 4.78 is 10.6. The van der Waals surface area contributed by atoms with E-state index >= 15 is 0 Å². The molecule has 3 aromatic rings. The first kappa shape index (κ1) is 21.2. The van der Waals surface area contributed by atoms with E-state index in [2.05, 4.69) is 4.98 Å². The van der Waals surface area contributed by atoms with E-state index < -0.39 is 0 Å². The summed E-state index contributed by atoms with van der Waals surface area (Å²) in [4.78, 5) is 42.8. The normalized spacial score (nSPS) is 19.3. The fourth-order valence-electron chi connectivity index (χ4n) is 4.36. The van der Waals surface area contributed by atoms with Crippen molar-refractivity contribution in [1.82, 2.24) is 18.7 Å². The molecule has 0 aliphatic carbocycles. The highest BCUT2D eigenvalue weighted by Crippen LogP contribution is 2.36. The van der Waals surface area contributed by atoms with Crippen molar-refractivity contribution in [3.05, 3.63) is 72.4 Å². The molecule has 2 atom stereocenters. The predicted octanol–water partition coefficient (Wildman–Crippen LogP) is 2.32. The average Bonchev–Trinajstić information content (AvgIpc) is 2.73. The molecule has 0 saturated carbocycles. The van der Waals surface area contributed by atoms with Gasteiger partial charge in [-0.15, -0.1) is 0 Å². The zero-order valence-electron chi connectivity index (χ0n) is 18.6. The van der Waals surface area contributed by atoms with Gasteiger partial charge < -0.3 is 9.30 Å². The average molecular weight is 425 g/mol. The molecule has 0 bridgehead atoms. The Morgan fingerprint density at radius 1 is 1.13 bits per heavy atom. The van der Waals surface area contributed by atoms with Crippen LogP contribution in [0.3, 0.4) is 0 Å². The summed E-state index contributed by atoms with van der Waals surface area (Å²) in [6.07, 6.45) is 2.87. The van der Waals surface area contributed by atoms with Crippen molar-refractivity contribution in [3.8, 4) is 0 Å². The van der Waals surface area contributed by atoms with Crippen molar-refractivity contribution in [2.24, 2.45) is 14.1 Å². The van der Waals surface area contributed by atoms with Crippen LogP contribution < -0.4 is 16.7 Å². The maximum atomic E-state index is 13.5. The van der Waals surface area contributed by atoms with E-state index in [9.17, 15) is 14.4 Å². The first-order chi connectivity index (χ1) is 14.7. The van der Waals surface area contributed by atoms with Gasteiger partial charge in [0, 0.05) is 44.6 Å². The number of hydrogen-bond donors (Lipinski definition) is 0.